The van der Waals surface area contributed by atoms with Gasteiger partial charge >= 0.3 is 0 Å². The Morgan fingerprint density at radius 2 is 2.10 bits per heavy atom. The number of hydrogen-bond acceptors (Lipinski definition) is 5. The van der Waals surface area contributed by atoms with E-state index in [9.17, 15) is 14.4 Å². The van der Waals surface area contributed by atoms with Crippen molar-refractivity contribution in [3.8, 4) is 5.75 Å². The first-order valence-electron chi connectivity index (χ1n) is 10.1. The number of para-hydroxylation sites is 1. The molecule has 158 valence electrons. The van der Waals surface area contributed by atoms with E-state index in [-0.39, 0.29) is 36.7 Å². The molecule has 4 rings (SSSR count). The second-order valence-corrected chi connectivity index (χ2v) is 8.81. The molecule has 2 atom stereocenters. The third-order valence-electron chi connectivity index (χ3n) is 5.70. The van der Waals surface area contributed by atoms with E-state index < -0.39 is 5.60 Å². The first-order chi connectivity index (χ1) is 14.5. The fraction of sp³-hybridized carbons (Fsp3) is 0.409. The topological polar surface area (TPSA) is 87.7 Å². The summed E-state index contributed by atoms with van der Waals surface area (Å²) in [6, 6.07) is 11.0. The second kappa shape index (κ2) is 8.47. The summed E-state index contributed by atoms with van der Waals surface area (Å²) in [6.45, 7) is 2.69. The van der Waals surface area contributed by atoms with Gasteiger partial charge in [0.25, 0.3) is 5.91 Å². The number of thiophene rings is 1. The van der Waals surface area contributed by atoms with Gasteiger partial charge in [-0.05, 0) is 36.9 Å². The quantitative estimate of drug-likeness (QED) is 0.785. The minimum Gasteiger partial charge on any atom is -0.485 e. The molecule has 8 heteroatoms. The van der Waals surface area contributed by atoms with Crippen molar-refractivity contribution in [3.63, 3.8) is 0 Å². The number of nitrogens with one attached hydrogen (secondary N) is 2. The van der Waals surface area contributed by atoms with Crippen LogP contribution in [0.4, 0.5) is 0 Å². The van der Waals surface area contributed by atoms with E-state index in [0.29, 0.717) is 37.2 Å². The van der Waals surface area contributed by atoms with Crippen molar-refractivity contribution in [2.45, 2.75) is 37.8 Å². The minimum absolute atomic E-state index is 0.0214. The van der Waals surface area contributed by atoms with Gasteiger partial charge in [0.1, 0.15) is 11.4 Å². The summed E-state index contributed by atoms with van der Waals surface area (Å²) in [5.74, 6) is 0.117. The summed E-state index contributed by atoms with van der Waals surface area (Å²) in [4.78, 5) is 40.2. The van der Waals surface area contributed by atoms with E-state index in [4.69, 9.17) is 4.74 Å². The number of nitrogens with zero attached hydrogens (tertiary/aromatic N) is 1. The molecule has 0 radical (unpaired) electrons. The Bertz CT molecular complexity index is 946. The molecule has 1 fully saturated rings. The van der Waals surface area contributed by atoms with Gasteiger partial charge in [0.2, 0.25) is 11.8 Å². The van der Waals surface area contributed by atoms with Crippen molar-refractivity contribution < 1.29 is 19.1 Å². The van der Waals surface area contributed by atoms with Crippen molar-refractivity contribution in [2.24, 2.45) is 0 Å². The lowest BCUT2D eigenvalue weighted by Gasteiger charge is -2.32. The highest BCUT2D eigenvalue weighted by atomic mass is 32.1. The minimum atomic E-state index is -0.659. The normalized spacial score (nSPS) is 22.4. The van der Waals surface area contributed by atoms with E-state index in [2.05, 4.69) is 10.6 Å². The molecule has 2 aliphatic rings. The summed E-state index contributed by atoms with van der Waals surface area (Å²) in [6.07, 6.45) is 1.30. The van der Waals surface area contributed by atoms with E-state index in [0.717, 1.165) is 4.88 Å². The van der Waals surface area contributed by atoms with Gasteiger partial charge in [0, 0.05) is 24.3 Å². The van der Waals surface area contributed by atoms with Crippen LogP contribution in [0, 0.1) is 0 Å². The van der Waals surface area contributed by atoms with Crippen molar-refractivity contribution in [3.05, 3.63) is 52.2 Å². The average molecular weight is 428 g/mol. The zero-order valence-corrected chi connectivity index (χ0v) is 17.7. The summed E-state index contributed by atoms with van der Waals surface area (Å²) in [5.41, 5.74) is -0.156. The second-order valence-electron chi connectivity index (χ2n) is 7.83. The van der Waals surface area contributed by atoms with E-state index >= 15 is 0 Å². The molecule has 3 heterocycles. The summed E-state index contributed by atoms with van der Waals surface area (Å²) in [7, 11) is 0. The molecule has 1 aromatic heterocycles. The van der Waals surface area contributed by atoms with Gasteiger partial charge in [-0.25, -0.2) is 0 Å². The van der Waals surface area contributed by atoms with Crippen LogP contribution in [0.5, 0.6) is 5.75 Å². The van der Waals surface area contributed by atoms with Crippen LogP contribution in [-0.4, -0.2) is 47.9 Å². The first kappa shape index (κ1) is 20.4. The van der Waals surface area contributed by atoms with Crippen molar-refractivity contribution in [2.75, 3.05) is 19.6 Å². The van der Waals surface area contributed by atoms with Crippen LogP contribution in [0.25, 0.3) is 0 Å². The van der Waals surface area contributed by atoms with Crippen LogP contribution < -0.4 is 15.4 Å². The van der Waals surface area contributed by atoms with Gasteiger partial charge in [-0.1, -0.05) is 18.2 Å². The first-order valence-corrected chi connectivity index (χ1v) is 11.0. The molecule has 2 aromatic rings. The zero-order valence-electron chi connectivity index (χ0n) is 16.8. The standard InChI is InChI=1S/C22H25N3O4S/c1-15(18-7-4-12-30-18)24-19(26)13-25-11-10-22(9-8-20(25)27)14-23-21(28)16-5-2-3-6-17(16)29-22/h2-7,12,15H,8-11,13-14H2,1H3,(H,23,28)(H,24,26). The van der Waals surface area contributed by atoms with E-state index in [1.807, 2.05) is 30.5 Å². The van der Waals surface area contributed by atoms with Crippen LogP contribution in [-0.2, 0) is 9.59 Å². The number of likely N-dealkylation sites (tertiary alicyclic amines) is 1. The van der Waals surface area contributed by atoms with E-state index in [1.165, 1.54) is 0 Å². The van der Waals surface area contributed by atoms with Crippen LogP contribution in [0.2, 0.25) is 0 Å². The molecule has 1 saturated heterocycles. The molecule has 0 aliphatic carbocycles. The lowest BCUT2D eigenvalue weighted by Crippen LogP contribution is -2.46. The molecule has 2 N–H and O–H groups in total. The SMILES string of the molecule is CC(NC(=O)CN1CCC2(CCC1=O)CNC(=O)c1ccccc1O2)c1cccs1. The molecule has 7 nitrogen and oxygen atoms in total. The third-order valence-corrected chi connectivity index (χ3v) is 6.75. The van der Waals surface area contributed by atoms with Gasteiger partial charge in [0.05, 0.1) is 24.7 Å². The molecule has 1 spiro atoms. The largest absolute Gasteiger partial charge is 0.485 e. The third kappa shape index (κ3) is 4.33. The number of carbonyl (C=O) groups is 3. The van der Waals surface area contributed by atoms with Gasteiger partial charge < -0.3 is 20.3 Å². The fourth-order valence-electron chi connectivity index (χ4n) is 3.95. The Balaban J connectivity index is 1.42. The number of rotatable bonds is 4. The number of carbonyl (C=O) groups excluding carboxylic acids is 3. The fourth-order valence-corrected chi connectivity index (χ4v) is 4.68. The van der Waals surface area contributed by atoms with Crippen molar-refractivity contribution >= 4 is 29.1 Å². The molecule has 0 saturated carbocycles. The molecule has 30 heavy (non-hydrogen) atoms. The average Bonchev–Trinajstić information content (AvgIpc) is 3.19. The number of hydrogen-bond donors (Lipinski definition) is 2. The highest BCUT2D eigenvalue weighted by Crippen LogP contribution is 2.33. The Labute approximate surface area is 179 Å². The Hall–Kier alpha value is -2.87. The molecule has 3 amide bonds. The predicted octanol–water partition coefficient (Wildman–Crippen LogP) is 2.50. The predicted molar refractivity (Wildman–Crippen MR) is 113 cm³/mol. The van der Waals surface area contributed by atoms with E-state index in [1.54, 1.807) is 34.4 Å². The summed E-state index contributed by atoms with van der Waals surface area (Å²) in [5, 5.41) is 7.86. The maximum absolute atomic E-state index is 12.7. The summed E-state index contributed by atoms with van der Waals surface area (Å²) < 4.78 is 6.29. The maximum Gasteiger partial charge on any atom is 0.255 e. The van der Waals surface area contributed by atoms with Gasteiger partial charge in [-0.2, -0.15) is 0 Å². The number of fused-ring (bicyclic) bond motifs is 1. The lowest BCUT2D eigenvalue weighted by molar-refractivity contribution is -0.135. The Morgan fingerprint density at radius 1 is 1.27 bits per heavy atom. The molecular weight excluding hydrogens is 402 g/mol. The van der Waals surface area contributed by atoms with Crippen molar-refractivity contribution in [1.29, 1.82) is 0 Å². The Morgan fingerprint density at radius 3 is 2.90 bits per heavy atom. The maximum atomic E-state index is 12.7. The van der Waals surface area contributed by atoms with Gasteiger partial charge in [-0.15, -0.1) is 11.3 Å². The zero-order chi connectivity index (χ0) is 21.1. The highest BCUT2D eigenvalue weighted by molar-refractivity contribution is 7.10. The molecule has 1 aromatic carbocycles. The Kier molecular flexibility index (Phi) is 5.76. The van der Waals surface area contributed by atoms with Crippen LogP contribution in [0.3, 0.4) is 0 Å². The number of benzene rings is 1. The smallest absolute Gasteiger partial charge is 0.255 e. The van der Waals surface area contributed by atoms with Crippen LogP contribution in [0.1, 0.15) is 47.5 Å². The van der Waals surface area contributed by atoms with Crippen LogP contribution >= 0.6 is 11.3 Å². The lowest BCUT2D eigenvalue weighted by atomic mass is 9.94. The highest BCUT2D eigenvalue weighted by Gasteiger charge is 2.40. The molecule has 0 bridgehead atoms. The van der Waals surface area contributed by atoms with Crippen molar-refractivity contribution in [1.82, 2.24) is 15.5 Å². The molecular formula is C22H25N3O4S. The monoisotopic (exact) mass is 427 g/mol. The van der Waals surface area contributed by atoms with Gasteiger partial charge in [-0.3, -0.25) is 14.4 Å². The molecule has 2 aliphatic heterocycles. The number of amides is 3. The summed E-state index contributed by atoms with van der Waals surface area (Å²) >= 11 is 1.59. The van der Waals surface area contributed by atoms with Gasteiger partial charge in [0.15, 0.2) is 0 Å². The van der Waals surface area contributed by atoms with Crippen LogP contribution in [0.15, 0.2) is 41.8 Å². The number of ether oxygens (including phenoxy) is 1. The molecule has 2 unspecified atom stereocenters.